The molecule has 0 saturated carbocycles. The first kappa shape index (κ1) is 27.8. The first-order chi connectivity index (χ1) is 17.0. The predicted molar refractivity (Wildman–Crippen MR) is 147 cm³/mol. The van der Waals surface area contributed by atoms with Gasteiger partial charge in [-0.25, -0.2) is 0 Å². The number of rotatable bonds is 12. The van der Waals surface area contributed by atoms with Crippen LogP contribution in [-0.4, -0.2) is 40.4 Å². The van der Waals surface area contributed by atoms with Gasteiger partial charge in [-0.05, 0) is 101 Å². The number of hydrogen-bond acceptors (Lipinski definition) is 7. The molecule has 0 amide bonds. The molecular weight excluding hydrogens is 475 g/mol. The van der Waals surface area contributed by atoms with Crippen LogP contribution in [0.3, 0.4) is 0 Å². The molecule has 0 aliphatic carbocycles. The van der Waals surface area contributed by atoms with Crippen molar-refractivity contribution in [3.8, 4) is 0 Å². The van der Waals surface area contributed by atoms with Gasteiger partial charge in [-0.15, -0.1) is 0 Å². The molecule has 2 unspecified atom stereocenters. The summed E-state index contributed by atoms with van der Waals surface area (Å²) in [6.07, 6.45) is 0.249. The SMILES string of the molecule is CC(O)C(C)(C)OPc1ccc(N(c2ccc(C=O)cc2)c2ccc(NOC(C)(C)CO)cc2)cc1. The Morgan fingerprint density at radius 3 is 1.89 bits per heavy atom. The van der Waals surface area contributed by atoms with Crippen LogP contribution in [0, 0.1) is 0 Å². The van der Waals surface area contributed by atoms with Crippen molar-refractivity contribution < 1.29 is 24.4 Å². The first-order valence-corrected chi connectivity index (χ1v) is 12.7. The molecule has 0 radical (unpaired) electrons. The minimum absolute atomic E-state index is 0.105. The van der Waals surface area contributed by atoms with Gasteiger partial charge in [0.05, 0.1) is 24.0 Å². The Labute approximate surface area is 214 Å². The molecule has 0 heterocycles. The zero-order valence-electron chi connectivity index (χ0n) is 21.4. The van der Waals surface area contributed by atoms with Crippen molar-refractivity contribution in [2.24, 2.45) is 0 Å². The minimum Gasteiger partial charge on any atom is -0.393 e. The van der Waals surface area contributed by atoms with E-state index in [-0.39, 0.29) is 15.4 Å². The van der Waals surface area contributed by atoms with Gasteiger partial charge in [-0.1, -0.05) is 12.1 Å². The highest BCUT2D eigenvalue weighted by Gasteiger charge is 2.25. The van der Waals surface area contributed by atoms with Gasteiger partial charge in [0, 0.05) is 31.4 Å². The molecule has 0 aromatic heterocycles. The number of carbonyl (C=O) groups is 1. The predicted octanol–water partition coefficient (Wildman–Crippen LogP) is 5.48. The summed E-state index contributed by atoms with van der Waals surface area (Å²) >= 11 is 0. The third-order valence-corrected chi connectivity index (χ3v) is 7.00. The lowest BCUT2D eigenvalue weighted by molar-refractivity contribution is -0.0239. The van der Waals surface area contributed by atoms with Gasteiger partial charge in [0.1, 0.15) is 11.9 Å². The standard InChI is InChI=1S/C28H35N2O5P/c1-20(33)28(4,5)35-36-26-16-14-25(15-17-26)30(23-10-6-21(18-31)7-11-23)24-12-8-22(9-13-24)29-34-27(2,3)19-32/h6-18,20,29,32-33,36H,19H2,1-5H3. The molecule has 7 nitrogen and oxygen atoms in total. The van der Waals surface area contributed by atoms with Crippen LogP contribution in [0.15, 0.2) is 72.8 Å². The number of nitrogens with zero attached hydrogens (tertiary/aromatic N) is 1. The molecule has 0 saturated heterocycles. The molecule has 2 atom stereocenters. The number of nitrogens with one attached hydrogen (secondary N) is 1. The smallest absolute Gasteiger partial charge is 0.150 e. The Bertz CT molecular complexity index is 1110. The van der Waals surface area contributed by atoms with E-state index in [1.807, 2.05) is 74.5 Å². The summed E-state index contributed by atoms with van der Waals surface area (Å²) in [5.41, 5.74) is 5.68. The Hall–Kier alpha value is -2.80. The fourth-order valence-electron chi connectivity index (χ4n) is 3.01. The normalized spacial score (nSPS) is 13.1. The molecule has 3 rings (SSSR count). The van der Waals surface area contributed by atoms with Crippen LogP contribution in [0.2, 0.25) is 0 Å². The summed E-state index contributed by atoms with van der Waals surface area (Å²) in [4.78, 5) is 18.8. The highest BCUT2D eigenvalue weighted by molar-refractivity contribution is 7.42. The summed E-state index contributed by atoms with van der Waals surface area (Å²) in [7, 11) is 0.105. The maximum absolute atomic E-state index is 11.2. The number of aliphatic hydroxyl groups is 2. The summed E-state index contributed by atoms with van der Waals surface area (Å²) < 4.78 is 5.94. The van der Waals surface area contributed by atoms with Crippen molar-refractivity contribution in [2.45, 2.75) is 51.9 Å². The van der Waals surface area contributed by atoms with E-state index < -0.39 is 17.3 Å². The number of anilines is 4. The quantitative estimate of drug-likeness (QED) is 0.169. The Morgan fingerprint density at radius 2 is 1.42 bits per heavy atom. The van der Waals surface area contributed by atoms with E-state index in [1.54, 1.807) is 32.9 Å². The minimum atomic E-state index is -0.707. The molecule has 3 N–H and O–H groups in total. The van der Waals surface area contributed by atoms with Gasteiger partial charge in [0.2, 0.25) is 0 Å². The molecule has 36 heavy (non-hydrogen) atoms. The van der Waals surface area contributed by atoms with E-state index in [0.717, 1.165) is 34.3 Å². The number of hydrogen-bond donors (Lipinski definition) is 3. The number of aldehydes is 1. The van der Waals surface area contributed by atoms with Gasteiger partial charge in [0.15, 0.2) is 0 Å². The zero-order chi connectivity index (χ0) is 26.3. The third kappa shape index (κ3) is 7.36. The van der Waals surface area contributed by atoms with Crippen molar-refractivity contribution in [1.82, 2.24) is 0 Å². The van der Waals surface area contributed by atoms with Crippen LogP contribution in [0.1, 0.15) is 45.0 Å². The van der Waals surface area contributed by atoms with Crippen LogP contribution in [0.25, 0.3) is 0 Å². The Morgan fingerprint density at radius 1 is 0.917 bits per heavy atom. The zero-order valence-corrected chi connectivity index (χ0v) is 22.4. The fraction of sp³-hybridized carbons (Fsp3) is 0.321. The van der Waals surface area contributed by atoms with E-state index in [0.29, 0.717) is 5.56 Å². The molecule has 0 spiro atoms. The lowest BCUT2D eigenvalue weighted by atomic mass is 10.0. The van der Waals surface area contributed by atoms with Crippen LogP contribution in [0.4, 0.5) is 22.7 Å². The van der Waals surface area contributed by atoms with Crippen LogP contribution >= 0.6 is 8.81 Å². The van der Waals surface area contributed by atoms with Crippen LogP contribution in [-0.2, 0) is 9.36 Å². The van der Waals surface area contributed by atoms with Crippen molar-refractivity contribution in [3.63, 3.8) is 0 Å². The van der Waals surface area contributed by atoms with E-state index in [1.165, 1.54) is 0 Å². The second-order valence-corrected chi connectivity index (χ2v) is 10.7. The van der Waals surface area contributed by atoms with Gasteiger partial charge >= 0.3 is 0 Å². The topological polar surface area (TPSA) is 91.3 Å². The first-order valence-electron chi connectivity index (χ1n) is 11.8. The lowest BCUT2D eigenvalue weighted by Crippen LogP contribution is -2.34. The van der Waals surface area contributed by atoms with Crippen molar-refractivity contribution >= 4 is 43.1 Å². The largest absolute Gasteiger partial charge is 0.393 e. The second-order valence-electron chi connectivity index (χ2n) is 9.74. The Kier molecular flexibility index (Phi) is 9.23. The molecular formula is C28H35N2O5P. The van der Waals surface area contributed by atoms with Gasteiger partial charge in [-0.3, -0.25) is 15.1 Å². The second kappa shape index (κ2) is 12.0. The average molecular weight is 511 g/mol. The number of carbonyl (C=O) groups excluding carboxylic acids is 1. The maximum Gasteiger partial charge on any atom is 0.150 e. The van der Waals surface area contributed by atoms with Crippen molar-refractivity contribution in [3.05, 3.63) is 78.4 Å². The molecule has 192 valence electrons. The van der Waals surface area contributed by atoms with Crippen LogP contribution in [0.5, 0.6) is 0 Å². The molecule has 0 aliphatic rings. The fourth-order valence-corrected chi connectivity index (χ4v) is 3.87. The summed E-state index contributed by atoms with van der Waals surface area (Å²) in [5.74, 6) is 0. The molecule has 3 aromatic rings. The third-order valence-electron chi connectivity index (χ3n) is 5.80. The summed E-state index contributed by atoms with van der Waals surface area (Å²) in [6.45, 7) is 8.94. The molecule has 0 bridgehead atoms. The van der Waals surface area contributed by atoms with E-state index in [2.05, 4.69) is 10.4 Å². The van der Waals surface area contributed by atoms with E-state index in [9.17, 15) is 15.0 Å². The molecule has 0 aliphatic heterocycles. The van der Waals surface area contributed by atoms with Crippen molar-refractivity contribution in [1.29, 1.82) is 0 Å². The van der Waals surface area contributed by atoms with E-state index in [4.69, 9.17) is 9.36 Å². The van der Waals surface area contributed by atoms with Crippen LogP contribution < -0.4 is 15.7 Å². The van der Waals surface area contributed by atoms with Crippen molar-refractivity contribution in [2.75, 3.05) is 17.0 Å². The molecule has 0 fully saturated rings. The number of aliphatic hydroxyl groups excluding tert-OH is 2. The van der Waals surface area contributed by atoms with Gasteiger partial charge in [-0.2, -0.15) is 0 Å². The van der Waals surface area contributed by atoms with E-state index >= 15 is 0 Å². The number of benzene rings is 3. The monoisotopic (exact) mass is 510 g/mol. The highest BCUT2D eigenvalue weighted by Crippen LogP contribution is 2.35. The van der Waals surface area contributed by atoms with Gasteiger partial charge in [0.25, 0.3) is 0 Å². The molecule has 3 aromatic carbocycles. The maximum atomic E-state index is 11.2. The summed E-state index contributed by atoms with van der Waals surface area (Å²) in [5, 5.41) is 20.3. The Balaban J connectivity index is 1.86. The molecule has 8 heteroatoms. The van der Waals surface area contributed by atoms with Gasteiger partial charge < -0.3 is 19.6 Å². The highest BCUT2D eigenvalue weighted by atomic mass is 31.1. The lowest BCUT2D eigenvalue weighted by Gasteiger charge is -2.28. The average Bonchev–Trinajstić information content (AvgIpc) is 2.88. The summed E-state index contributed by atoms with van der Waals surface area (Å²) in [6, 6.07) is 23.2.